The Balaban J connectivity index is 2.63. The number of nitrogens with zero attached hydrogens (tertiary/aromatic N) is 1. The van der Waals surface area contributed by atoms with Gasteiger partial charge in [-0.2, -0.15) is 4.39 Å². The van der Waals surface area contributed by atoms with E-state index in [0.29, 0.717) is 5.69 Å². The van der Waals surface area contributed by atoms with E-state index in [1.165, 1.54) is 12.3 Å². The maximum Gasteiger partial charge on any atom is 0.214 e. The highest BCUT2D eigenvalue weighted by molar-refractivity contribution is 5.43. The fourth-order valence-electron chi connectivity index (χ4n) is 1.18. The molecule has 0 aliphatic rings. The summed E-state index contributed by atoms with van der Waals surface area (Å²) in [5, 5.41) is 3.05. The molecule has 1 rings (SSSR count). The van der Waals surface area contributed by atoms with Gasteiger partial charge in [-0.15, -0.1) is 6.42 Å². The minimum atomic E-state index is -0.498. The molecule has 0 spiro atoms. The van der Waals surface area contributed by atoms with Crippen molar-refractivity contribution in [2.75, 3.05) is 5.32 Å². The largest absolute Gasteiger partial charge is 0.371 e. The number of aromatic nitrogens is 1. The zero-order valence-corrected chi connectivity index (χ0v) is 8.13. The lowest BCUT2D eigenvalue weighted by molar-refractivity contribution is 0.584. The van der Waals surface area contributed by atoms with Crippen molar-refractivity contribution in [3.63, 3.8) is 0 Å². The molecule has 14 heavy (non-hydrogen) atoms. The average molecular weight is 192 g/mol. The molecular formula is C11H13FN2. The zero-order valence-electron chi connectivity index (χ0n) is 8.13. The van der Waals surface area contributed by atoms with E-state index in [2.05, 4.69) is 23.1 Å². The van der Waals surface area contributed by atoms with Crippen molar-refractivity contribution in [3.8, 4) is 12.3 Å². The van der Waals surface area contributed by atoms with Crippen LogP contribution in [0, 0.1) is 18.3 Å². The molecule has 1 aromatic heterocycles. The van der Waals surface area contributed by atoms with Gasteiger partial charge < -0.3 is 5.32 Å². The molecule has 0 aromatic carbocycles. The smallest absolute Gasteiger partial charge is 0.214 e. The molecule has 0 bridgehead atoms. The SMILES string of the molecule is C#CC(CCC)Nc1ccnc(F)c1. The first-order chi connectivity index (χ1) is 6.76. The van der Waals surface area contributed by atoms with Crippen LogP contribution in [0.1, 0.15) is 19.8 Å². The van der Waals surface area contributed by atoms with Gasteiger partial charge in [-0.1, -0.05) is 19.3 Å². The number of anilines is 1. The maximum absolute atomic E-state index is 12.7. The molecule has 0 radical (unpaired) electrons. The second kappa shape index (κ2) is 5.23. The van der Waals surface area contributed by atoms with Gasteiger partial charge in [-0.25, -0.2) is 4.98 Å². The van der Waals surface area contributed by atoms with Crippen molar-refractivity contribution in [1.29, 1.82) is 0 Å². The minimum Gasteiger partial charge on any atom is -0.371 e. The van der Waals surface area contributed by atoms with Crippen LogP contribution in [0.25, 0.3) is 0 Å². The first-order valence-corrected chi connectivity index (χ1v) is 4.60. The van der Waals surface area contributed by atoms with Crippen LogP contribution in [-0.2, 0) is 0 Å². The quantitative estimate of drug-likeness (QED) is 0.585. The summed E-state index contributed by atoms with van der Waals surface area (Å²) in [4.78, 5) is 3.46. The first-order valence-electron chi connectivity index (χ1n) is 4.60. The summed E-state index contributed by atoms with van der Waals surface area (Å²) in [5.41, 5.74) is 0.675. The Morgan fingerprint density at radius 1 is 1.71 bits per heavy atom. The van der Waals surface area contributed by atoms with E-state index < -0.39 is 5.95 Å². The van der Waals surface area contributed by atoms with Crippen molar-refractivity contribution < 1.29 is 4.39 Å². The molecule has 0 amide bonds. The van der Waals surface area contributed by atoms with Gasteiger partial charge in [0, 0.05) is 18.0 Å². The molecule has 0 fully saturated rings. The van der Waals surface area contributed by atoms with Gasteiger partial charge in [-0.3, -0.25) is 0 Å². The normalized spacial score (nSPS) is 11.8. The van der Waals surface area contributed by atoms with Crippen LogP contribution in [0.3, 0.4) is 0 Å². The molecular weight excluding hydrogens is 179 g/mol. The van der Waals surface area contributed by atoms with Gasteiger partial charge >= 0.3 is 0 Å². The standard InChI is InChI=1S/C11H13FN2/c1-3-5-9(4-2)14-10-6-7-13-11(12)8-10/h2,6-9H,3,5H2,1H3,(H,13,14). The Bertz CT molecular complexity index is 330. The fraction of sp³-hybridized carbons (Fsp3) is 0.364. The average Bonchev–Trinajstić information content (AvgIpc) is 2.17. The molecule has 1 N–H and O–H groups in total. The van der Waals surface area contributed by atoms with Crippen LogP contribution in [0.5, 0.6) is 0 Å². The Morgan fingerprint density at radius 2 is 2.50 bits per heavy atom. The number of rotatable bonds is 4. The highest BCUT2D eigenvalue weighted by Crippen LogP contribution is 2.10. The van der Waals surface area contributed by atoms with Crippen LogP contribution in [-0.4, -0.2) is 11.0 Å². The van der Waals surface area contributed by atoms with E-state index >= 15 is 0 Å². The first kappa shape index (κ1) is 10.5. The van der Waals surface area contributed by atoms with E-state index in [1.807, 2.05) is 0 Å². The fourth-order valence-corrected chi connectivity index (χ4v) is 1.18. The number of pyridine rings is 1. The van der Waals surface area contributed by atoms with Crippen LogP contribution < -0.4 is 5.32 Å². The van der Waals surface area contributed by atoms with Crippen LogP contribution >= 0.6 is 0 Å². The van der Waals surface area contributed by atoms with Gasteiger partial charge in [-0.05, 0) is 12.5 Å². The summed E-state index contributed by atoms with van der Waals surface area (Å²) in [7, 11) is 0. The summed E-state index contributed by atoms with van der Waals surface area (Å²) in [6.45, 7) is 2.05. The van der Waals surface area contributed by atoms with Crippen molar-refractivity contribution in [1.82, 2.24) is 4.98 Å². The summed E-state index contributed by atoms with van der Waals surface area (Å²) in [6.07, 6.45) is 8.61. The van der Waals surface area contributed by atoms with Crippen molar-refractivity contribution in [3.05, 3.63) is 24.3 Å². The molecule has 1 heterocycles. The molecule has 0 aliphatic heterocycles. The Hall–Kier alpha value is -1.56. The van der Waals surface area contributed by atoms with Gasteiger partial charge in [0.25, 0.3) is 0 Å². The summed E-state index contributed by atoms with van der Waals surface area (Å²) >= 11 is 0. The zero-order chi connectivity index (χ0) is 10.4. The third-order valence-electron chi connectivity index (χ3n) is 1.85. The Kier molecular flexibility index (Phi) is 3.93. The molecule has 1 aromatic rings. The lowest BCUT2D eigenvalue weighted by Gasteiger charge is -2.12. The highest BCUT2D eigenvalue weighted by Gasteiger charge is 2.03. The van der Waals surface area contributed by atoms with Crippen molar-refractivity contribution >= 4 is 5.69 Å². The minimum absolute atomic E-state index is 0.0400. The molecule has 1 atom stereocenters. The van der Waals surface area contributed by atoms with Crippen LogP contribution in [0.15, 0.2) is 18.3 Å². The number of halogens is 1. The second-order valence-electron chi connectivity index (χ2n) is 3.02. The van der Waals surface area contributed by atoms with Crippen LogP contribution in [0.4, 0.5) is 10.1 Å². The Labute approximate surface area is 83.6 Å². The summed E-state index contributed by atoms with van der Waals surface area (Å²) < 4.78 is 12.7. The lowest BCUT2D eigenvalue weighted by Crippen LogP contribution is -2.16. The number of hydrogen-bond acceptors (Lipinski definition) is 2. The third-order valence-corrected chi connectivity index (χ3v) is 1.85. The summed E-state index contributed by atoms with van der Waals surface area (Å²) in [5.74, 6) is 2.12. The maximum atomic E-state index is 12.7. The Morgan fingerprint density at radius 3 is 3.07 bits per heavy atom. The molecule has 0 saturated heterocycles. The highest BCUT2D eigenvalue weighted by atomic mass is 19.1. The van der Waals surface area contributed by atoms with E-state index in [9.17, 15) is 4.39 Å². The molecule has 2 nitrogen and oxygen atoms in total. The number of hydrogen-bond donors (Lipinski definition) is 1. The monoisotopic (exact) mass is 192 g/mol. The molecule has 74 valence electrons. The van der Waals surface area contributed by atoms with Gasteiger partial charge in [0.2, 0.25) is 5.95 Å². The van der Waals surface area contributed by atoms with Gasteiger partial charge in [0.1, 0.15) is 0 Å². The molecule has 3 heteroatoms. The van der Waals surface area contributed by atoms with E-state index in [1.54, 1.807) is 6.07 Å². The van der Waals surface area contributed by atoms with E-state index in [-0.39, 0.29) is 6.04 Å². The second-order valence-corrected chi connectivity index (χ2v) is 3.02. The number of nitrogens with one attached hydrogen (secondary N) is 1. The predicted molar refractivity (Wildman–Crippen MR) is 55.3 cm³/mol. The van der Waals surface area contributed by atoms with Gasteiger partial charge in [0.05, 0.1) is 6.04 Å². The van der Waals surface area contributed by atoms with E-state index in [0.717, 1.165) is 12.8 Å². The van der Waals surface area contributed by atoms with Gasteiger partial charge in [0.15, 0.2) is 0 Å². The predicted octanol–water partition coefficient (Wildman–Crippen LogP) is 2.43. The molecule has 0 aliphatic carbocycles. The van der Waals surface area contributed by atoms with E-state index in [4.69, 9.17) is 6.42 Å². The molecule has 0 saturated carbocycles. The van der Waals surface area contributed by atoms with Crippen molar-refractivity contribution in [2.24, 2.45) is 0 Å². The van der Waals surface area contributed by atoms with Crippen molar-refractivity contribution in [2.45, 2.75) is 25.8 Å². The summed E-state index contributed by atoms with van der Waals surface area (Å²) in [6, 6.07) is 2.99. The third kappa shape index (κ3) is 3.06. The topological polar surface area (TPSA) is 24.9 Å². The lowest BCUT2D eigenvalue weighted by atomic mass is 10.2. The van der Waals surface area contributed by atoms with Crippen LogP contribution in [0.2, 0.25) is 0 Å². The number of terminal acetylenes is 1. The molecule has 1 unspecified atom stereocenters.